The third-order valence-electron chi connectivity index (χ3n) is 2.73. The molecule has 0 aliphatic carbocycles. The van der Waals surface area contributed by atoms with Gasteiger partial charge >= 0.3 is 0 Å². The first kappa shape index (κ1) is 14.1. The largest absolute Gasteiger partial charge is 0.324 e. The van der Waals surface area contributed by atoms with Gasteiger partial charge in [-0.1, -0.05) is 30.3 Å². The molecule has 0 saturated heterocycles. The molecular formula is C13H20F2N2. The average molecular weight is 242 g/mol. The lowest BCUT2D eigenvalue weighted by molar-refractivity contribution is 0.0994. The predicted molar refractivity (Wildman–Crippen MR) is 66.1 cm³/mol. The third kappa shape index (κ3) is 5.75. The molecule has 0 fully saturated rings. The fourth-order valence-corrected chi connectivity index (χ4v) is 1.77. The van der Waals surface area contributed by atoms with Crippen molar-refractivity contribution in [2.24, 2.45) is 5.73 Å². The van der Waals surface area contributed by atoms with Gasteiger partial charge in [0.25, 0.3) is 6.43 Å². The number of benzene rings is 1. The second kappa shape index (κ2) is 7.35. The Kier molecular flexibility index (Phi) is 6.08. The molecule has 0 aliphatic rings. The standard InChI is InChI=1S/C13H20F2N2/c1-17(10-13(14)15)9-5-8-12(16)11-6-3-2-4-7-11/h2-4,6-7,12-13H,5,8-10,16H2,1H3. The minimum atomic E-state index is -2.26. The Hall–Kier alpha value is -1.00. The van der Waals surface area contributed by atoms with Crippen LogP contribution in [0, 0.1) is 0 Å². The van der Waals surface area contributed by atoms with E-state index < -0.39 is 6.43 Å². The second-order valence-corrected chi connectivity index (χ2v) is 4.31. The molecule has 0 aliphatic heterocycles. The van der Waals surface area contributed by atoms with Crippen molar-refractivity contribution in [3.05, 3.63) is 35.9 Å². The Balaban J connectivity index is 2.23. The highest BCUT2D eigenvalue weighted by Crippen LogP contribution is 2.15. The van der Waals surface area contributed by atoms with E-state index in [9.17, 15) is 8.78 Å². The van der Waals surface area contributed by atoms with Gasteiger partial charge in [0, 0.05) is 6.04 Å². The third-order valence-corrected chi connectivity index (χ3v) is 2.73. The molecule has 2 N–H and O–H groups in total. The number of hydrogen-bond acceptors (Lipinski definition) is 2. The van der Waals surface area contributed by atoms with Crippen LogP contribution in [0.3, 0.4) is 0 Å². The Morgan fingerprint density at radius 1 is 1.24 bits per heavy atom. The van der Waals surface area contributed by atoms with Crippen LogP contribution in [0.5, 0.6) is 0 Å². The van der Waals surface area contributed by atoms with Crippen LogP contribution in [0.4, 0.5) is 8.78 Å². The number of nitrogens with zero attached hydrogens (tertiary/aromatic N) is 1. The summed E-state index contributed by atoms with van der Waals surface area (Å²) in [6, 6.07) is 9.85. The maximum absolute atomic E-state index is 12.1. The van der Waals surface area contributed by atoms with E-state index in [2.05, 4.69) is 0 Å². The van der Waals surface area contributed by atoms with Gasteiger partial charge in [0.1, 0.15) is 0 Å². The zero-order chi connectivity index (χ0) is 12.7. The first-order valence-corrected chi connectivity index (χ1v) is 5.87. The van der Waals surface area contributed by atoms with Gasteiger partial charge < -0.3 is 10.6 Å². The molecule has 1 atom stereocenters. The zero-order valence-corrected chi connectivity index (χ0v) is 10.2. The van der Waals surface area contributed by atoms with Crippen molar-refractivity contribution >= 4 is 0 Å². The molecule has 17 heavy (non-hydrogen) atoms. The maximum Gasteiger partial charge on any atom is 0.251 e. The van der Waals surface area contributed by atoms with Gasteiger partial charge in [-0.15, -0.1) is 0 Å². The summed E-state index contributed by atoms with van der Waals surface area (Å²) in [5, 5.41) is 0. The molecule has 1 unspecified atom stereocenters. The highest BCUT2D eigenvalue weighted by molar-refractivity contribution is 5.18. The Labute approximate surface area is 101 Å². The predicted octanol–water partition coefficient (Wildman–Crippen LogP) is 2.66. The highest BCUT2D eigenvalue weighted by Gasteiger charge is 2.09. The lowest BCUT2D eigenvalue weighted by atomic mass is 10.0. The van der Waals surface area contributed by atoms with E-state index in [0.29, 0.717) is 6.54 Å². The topological polar surface area (TPSA) is 29.3 Å². The number of alkyl halides is 2. The summed E-state index contributed by atoms with van der Waals surface area (Å²) in [6.45, 7) is 0.492. The number of rotatable bonds is 7. The summed E-state index contributed by atoms with van der Waals surface area (Å²) < 4.78 is 24.1. The van der Waals surface area contributed by atoms with E-state index in [1.54, 1.807) is 11.9 Å². The van der Waals surface area contributed by atoms with Crippen molar-refractivity contribution in [1.29, 1.82) is 0 Å². The van der Waals surface area contributed by atoms with Crippen LogP contribution in [-0.4, -0.2) is 31.5 Å². The van der Waals surface area contributed by atoms with Crippen LogP contribution < -0.4 is 5.73 Å². The van der Waals surface area contributed by atoms with Crippen LogP contribution in [0.15, 0.2) is 30.3 Å². The lowest BCUT2D eigenvalue weighted by Crippen LogP contribution is -2.26. The molecule has 0 heterocycles. The van der Waals surface area contributed by atoms with Gasteiger partial charge in [-0.3, -0.25) is 0 Å². The minimum Gasteiger partial charge on any atom is -0.324 e. The van der Waals surface area contributed by atoms with Crippen LogP contribution in [0.25, 0.3) is 0 Å². The summed E-state index contributed by atoms with van der Waals surface area (Å²) in [5.41, 5.74) is 7.12. The van der Waals surface area contributed by atoms with Crippen molar-refractivity contribution in [2.75, 3.05) is 20.1 Å². The SMILES string of the molecule is CN(CCCC(N)c1ccccc1)CC(F)F. The monoisotopic (exact) mass is 242 g/mol. The lowest BCUT2D eigenvalue weighted by Gasteiger charge is -2.17. The van der Waals surface area contributed by atoms with Crippen LogP contribution in [0.1, 0.15) is 24.4 Å². The number of nitrogens with two attached hydrogens (primary N) is 1. The highest BCUT2D eigenvalue weighted by atomic mass is 19.3. The Morgan fingerprint density at radius 2 is 1.88 bits per heavy atom. The smallest absolute Gasteiger partial charge is 0.251 e. The summed E-state index contributed by atoms with van der Waals surface area (Å²) in [4.78, 5) is 1.64. The molecule has 0 radical (unpaired) electrons. The minimum absolute atomic E-state index is 0.00356. The molecular weight excluding hydrogens is 222 g/mol. The van der Waals surface area contributed by atoms with Crippen LogP contribution in [-0.2, 0) is 0 Å². The number of hydrogen-bond donors (Lipinski definition) is 1. The van der Waals surface area contributed by atoms with Crippen molar-refractivity contribution in [2.45, 2.75) is 25.3 Å². The first-order chi connectivity index (χ1) is 8.09. The van der Waals surface area contributed by atoms with Gasteiger partial charge in [-0.25, -0.2) is 8.78 Å². The van der Waals surface area contributed by atoms with Crippen molar-refractivity contribution in [3.63, 3.8) is 0 Å². The van der Waals surface area contributed by atoms with E-state index in [-0.39, 0.29) is 12.6 Å². The van der Waals surface area contributed by atoms with Gasteiger partial charge in [0.15, 0.2) is 0 Å². The molecule has 1 aromatic rings. The molecule has 1 rings (SSSR count). The van der Waals surface area contributed by atoms with E-state index >= 15 is 0 Å². The van der Waals surface area contributed by atoms with Gasteiger partial charge in [0.2, 0.25) is 0 Å². The normalized spacial score (nSPS) is 13.3. The first-order valence-electron chi connectivity index (χ1n) is 5.87. The molecule has 0 spiro atoms. The number of halogens is 2. The molecule has 2 nitrogen and oxygen atoms in total. The summed E-state index contributed by atoms with van der Waals surface area (Å²) >= 11 is 0. The van der Waals surface area contributed by atoms with E-state index in [4.69, 9.17) is 5.73 Å². The molecule has 1 aromatic carbocycles. The van der Waals surface area contributed by atoms with E-state index in [1.165, 1.54) is 0 Å². The van der Waals surface area contributed by atoms with Crippen molar-refractivity contribution in [1.82, 2.24) is 4.90 Å². The molecule has 0 amide bonds. The van der Waals surface area contributed by atoms with Crippen LogP contribution in [0.2, 0.25) is 0 Å². The quantitative estimate of drug-likeness (QED) is 0.796. The maximum atomic E-state index is 12.1. The Bertz CT molecular complexity index is 304. The molecule has 0 aromatic heterocycles. The summed E-state index contributed by atoms with van der Waals surface area (Å²) in [6.07, 6.45) is -0.612. The van der Waals surface area contributed by atoms with Gasteiger partial charge in [-0.2, -0.15) is 0 Å². The zero-order valence-electron chi connectivity index (χ0n) is 10.2. The van der Waals surface area contributed by atoms with Crippen LogP contribution >= 0.6 is 0 Å². The van der Waals surface area contributed by atoms with E-state index in [1.807, 2.05) is 30.3 Å². The summed E-state index contributed by atoms with van der Waals surface area (Å²) in [5.74, 6) is 0. The van der Waals surface area contributed by atoms with Gasteiger partial charge in [0.05, 0.1) is 6.54 Å². The van der Waals surface area contributed by atoms with E-state index in [0.717, 1.165) is 18.4 Å². The fraction of sp³-hybridized carbons (Fsp3) is 0.538. The summed E-state index contributed by atoms with van der Waals surface area (Å²) in [7, 11) is 1.71. The average Bonchev–Trinajstić information content (AvgIpc) is 2.29. The second-order valence-electron chi connectivity index (χ2n) is 4.31. The molecule has 4 heteroatoms. The molecule has 0 saturated carbocycles. The van der Waals surface area contributed by atoms with Gasteiger partial charge in [-0.05, 0) is 32.0 Å². The van der Waals surface area contributed by atoms with Crippen molar-refractivity contribution in [3.8, 4) is 0 Å². The van der Waals surface area contributed by atoms with Crippen molar-refractivity contribution < 1.29 is 8.78 Å². The molecule has 96 valence electrons. The Morgan fingerprint density at radius 3 is 2.47 bits per heavy atom. The fourth-order valence-electron chi connectivity index (χ4n) is 1.77. The molecule has 0 bridgehead atoms.